The van der Waals surface area contributed by atoms with Gasteiger partial charge in [0.1, 0.15) is 11.9 Å². The first-order valence-electron chi connectivity index (χ1n) is 5.63. The molecule has 2 rings (SSSR count). The van der Waals surface area contributed by atoms with Gasteiger partial charge in [0.15, 0.2) is 0 Å². The highest BCUT2D eigenvalue weighted by molar-refractivity contribution is 5.73. The van der Waals surface area contributed by atoms with Gasteiger partial charge in [-0.25, -0.2) is 0 Å². The number of carbonyl (C=O) groups excluding carboxylic acids is 1. The first kappa shape index (κ1) is 11.9. The first-order chi connectivity index (χ1) is 8.11. The summed E-state index contributed by atoms with van der Waals surface area (Å²) in [6, 6.07) is 7.50. The number of ether oxygens (including phenoxy) is 2. The molecule has 1 aliphatic heterocycles. The lowest BCUT2D eigenvalue weighted by molar-refractivity contribution is -0.145. The zero-order chi connectivity index (χ0) is 12.4. The Morgan fingerprint density at radius 3 is 2.59 bits per heavy atom. The Balaban J connectivity index is 2.22. The van der Waals surface area contributed by atoms with Gasteiger partial charge in [0.2, 0.25) is 0 Å². The molecule has 1 N–H and O–H groups in total. The molecular formula is C13H16O4. The number of methoxy groups -OCH3 is 1. The number of cyclic esters (lactones) is 1. The lowest BCUT2D eigenvalue weighted by Gasteiger charge is -2.20. The van der Waals surface area contributed by atoms with Crippen molar-refractivity contribution in [2.45, 2.75) is 31.5 Å². The van der Waals surface area contributed by atoms with Crippen LogP contribution in [0.3, 0.4) is 0 Å². The molecule has 17 heavy (non-hydrogen) atoms. The molecule has 4 heteroatoms. The molecule has 4 nitrogen and oxygen atoms in total. The molecule has 0 unspecified atom stereocenters. The average molecular weight is 236 g/mol. The van der Waals surface area contributed by atoms with Crippen molar-refractivity contribution in [1.29, 1.82) is 0 Å². The van der Waals surface area contributed by atoms with E-state index in [1.54, 1.807) is 14.0 Å². The monoisotopic (exact) mass is 236 g/mol. The Kier molecular flexibility index (Phi) is 3.33. The zero-order valence-electron chi connectivity index (χ0n) is 9.92. The lowest BCUT2D eigenvalue weighted by Crippen LogP contribution is -2.27. The van der Waals surface area contributed by atoms with Crippen LogP contribution in [0.15, 0.2) is 24.3 Å². The molecule has 0 radical (unpaired) electrons. The predicted molar refractivity (Wildman–Crippen MR) is 61.9 cm³/mol. The van der Waals surface area contributed by atoms with Gasteiger partial charge in [-0.1, -0.05) is 12.1 Å². The molecule has 0 amide bonds. The number of hydrogen-bond donors (Lipinski definition) is 1. The van der Waals surface area contributed by atoms with Crippen molar-refractivity contribution in [3.05, 3.63) is 29.8 Å². The van der Waals surface area contributed by atoms with E-state index in [4.69, 9.17) is 9.47 Å². The molecule has 1 heterocycles. The summed E-state index contributed by atoms with van der Waals surface area (Å²) >= 11 is 0. The Hall–Kier alpha value is -1.55. The van der Waals surface area contributed by atoms with Gasteiger partial charge in [0.05, 0.1) is 19.6 Å². The molecule has 0 bridgehead atoms. The van der Waals surface area contributed by atoms with Gasteiger partial charge in [-0.3, -0.25) is 4.79 Å². The Morgan fingerprint density at radius 1 is 1.41 bits per heavy atom. The van der Waals surface area contributed by atoms with Crippen LogP contribution in [0.5, 0.6) is 5.75 Å². The van der Waals surface area contributed by atoms with Gasteiger partial charge < -0.3 is 14.6 Å². The summed E-state index contributed by atoms with van der Waals surface area (Å²) in [7, 11) is 1.61. The highest BCUT2D eigenvalue weighted by atomic mass is 16.6. The molecule has 1 fully saturated rings. The highest BCUT2D eigenvalue weighted by Crippen LogP contribution is 2.34. The third-order valence-corrected chi connectivity index (χ3v) is 3.07. The van der Waals surface area contributed by atoms with Crippen molar-refractivity contribution in [2.75, 3.05) is 7.11 Å². The van der Waals surface area contributed by atoms with Crippen LogP contribution in [0, 0.1) is 0 Å². The fourth-order valence-electron chi connectivity index (χ4n) is 2.17. The molecule has 0 aliphatic carbocycles. The summed E-state index contributed by atoms with van der Waals surface area (Å²) in [6.07, 6.45) is -0.786. The zero-order valence-corrected chi connectivity index (χ0v) is 9.92. The summed E-state index contributed by atoms with van der Waals surface area (Å²) < 4.78 is 10.2. The molecule has 92 valence electrons. The molecular weight excluding hydrogens is 220 g/mol. The Bertz CT molecular complexity index is 396. The number of rotatable bonds is 3. The quantitative estimate of drug-likeness (QED) is 0.807. The summed E-state index contributed by atoms with van der Waals surface area (Å²) in [4.78, 5) is 11.3. The van der Waals surface area contributed by atoms with E-state index in [0.717, 1.165) is 11.3 Å². The largest absolute Gasteiger partial charge is 0.497 e. The number of hydrogen-bond acceptors (Lipinski definition) is 4. The summed E-state index contributed by atoms with van der Waals surface area (Å²) in [5, 5.41) is 9.60. The van der Waals surface area contributed by atoms with Gasteiger partial charge in [-0.15, -0.1) is 0 Å². The van der Waals surface area contributed by atoms with Crippen molar-refractivity contribution in [1.82, 2.24) is 0 Å². The van der Waals surface area contributed by atoms with Gasteiger partial charge in [0.25, 0.3) is 0 Å². The number of aliphatic hydroxyl groups excluding tert-OH is 1. The van der Waals surface area contributed by atoms with E-state index < -0.39 is 12.2 Å². The third-order valence-electron chi connectivity index (χ3n) is 3.07. The first-order valence-corrected chi connectivity index (χ1v) is 5.63. The van der Waals surface area contributed by atoms with E-state index in [1.807, 2.05) is 24.3 Å². The van der Waals surface area contributed by atoms with E-state index in [9.17, 15) is 9.90 Å². The van der Waals surface area contributed by atoms with Gasteiger partial charge in [-0.2, -0.15) is 0 Å². The second kappa shape index (κ2) is 4.75. The molecule has 1 aromatic rings. The number of esters is 1. The maximum atomic E-state index is 11.3. The van der Waals surface area contributed by atoms with E-state index in [1.165, 1.54) is 0 Å². The SMILES string of the molecule is COc1ccc([C@@H]2CC(=O)O[C@H]2[C@H](C)O)cc1. The van der Waals surface area contributed by atoms with Crippen molar-refractivity contribution < 1.29 is 19.4 Å². The van der Waals surface area contributed by atoms with Crippen molar-refractivity contribution in [3.63, 3.8) is 0 Å². The highest BCUT2D eigenvalue weighted by Gasteiger charge is 2.38. The molecule has 1 aliphatic rings. The Labute approximate surface area is 100 Å². The van der Waals surface area contributed by atoms with Gasteiger partial charge in [-0.05, 0) is 24.6 Å². The van der Waals surface area contributed by atoms with Crippen LogP contribution in [-0.2, 0) is 9.53 Å². The lowest BCUT2D eigenvalue weighted by atomic mass is 9.90. The van der Waals surface area contributed by atoms with Crippen LogP contribution in [0.1, 0.15) is 24.8 Å². The van der Waals surface area contributed by atoms with Crippen LogP contribution >= 0.6 is 0 Å². The minimum absolute atomic E-state index is 0.0755. The molecule has 0 saturated carbocycles. The summed E-state index contributed by atoms with van der Waals surface area (Å²) in [6.45, 7) is 1.64. The minimum Gasteiger partial charge on any atom is -0.497 e. The van der Waals surface area contributed by atoms with Crippen LogP contribution in [-0.4, -0.2) is 30.4 Å². The number of aliphatic hydroxyl groups is 1. The molecule has 0 aromatic heterocycles. The maximum Gasteiger partial charge on any atom is 0.306 e. The normalized spacial score (nSPS) is 25.5. The molecule has 1 aromatic carbocycles. The topological polar surface area (TPSA) is 55.8 Å². The third kappa shape index (κ3) is 2.42. The van der Waals surface area contributed by atoms with Crippen LogP contribution in [0.25, 0.3) is 0 Å². The smallest absolute Gasteiger partial charge is 0.306 e. The maximum absolute atomic E-state index is 11.3. The van der Waals surface area contributed by atoms with E-state index in [2.05, 4.69) is 0 Å². The average Bonchev–Trinajstić information content (AvgIpc) is 2.72. The second-order valence-corrected chi connectivity index (χ2v) is 4.28. The van der Waals surface area contributed by atoms with Gasteiger partial charge in [0, 0.05) is 5.92 Å². The fourth-order valence-corrected chi connectivity index (χ4v) is 2.17. The van der Waals surface area contributed by atoms with Crippen LogP contribution in [0.4, 0.5) is 0 Å². The minimum atomic E-state index is -0.659. The van der Waals surface area contributed by atoms with Crippen LogP contribution in [0.2, 0.25) is 0 Å². The molecule has 3 atom stereocenters. The predicted octanol–water partition coefficient (Wildman–Crippen LogP) is 1.48. The fraction of sp³-hybridized carbons (Fsp3) is 0.462. The number of carbonyl (C=O) groups is 1. The molecule has 0 spiro atoms. The second-order valence-electron chi connectivity index (χ2n) is 4.28. The van der Waals surface area contributed by atoms with E-state index >= 15 is 0 Å². The van der Waals surface area contributed by atoms with Crippen molar-refractivity contribution >= 4 is 5.97 Å². The van der Waals surface area contributed by atoms with Crippen LogP contribution < -0.4 is 4.74 Å². The standard InChI is InChI=1S/C13H16O4/c1-8(14)13-11(7-12(15)17-13)9-3-5-10(16-2)6-4-9/h3-6,8,11,13-14H,7H2,1-2H3/t8-,11-,13-/m0/s1. The van der Waals surface area contributed by atoms with Gasteiger partial charge >= 0.3 is 5.97 Å². The summed E-state index contributed by atoms with van der Waals surface area (Å²) in [5.74, 6) is 0.442. The Morgan fingerprint density at radius 2 is 2.06 bits per heavy atom. The van der Waals surface area contributed by atoms with Crippen molar-refractivity contribution in [2.24, 2.45) is 0 Å². The summed E-state index contributed by atoms with van der Waals surface area (Å²) in [5.41, 5.74) is 0.988. The molecule has 1 saturated heterocycles. The van der Waals surface area contributed by atoms with E-state index in [0.29, 0.717) is 6.42 Å². The van der Waals surface area contributed by atoms with E-state index in [-0.39, 0.29) is 11.9 Å². The number of benzene rings is 1. The van der Waals surface area contributed by atoms with Crippen molar-refractivity contribution in [3.8, 4) is 5.75 Å².